The SMILES string of the molecule is CC(Nc1nc(CN2CCOCC2)nc2sc3c(c12)CCCC3)c1ccc2ccccc2c1. The smallest absolute Gasteiger partial charge is 0.146 e. The maximum atomic E-state index is 5.53. The van der Waals surface area contributed by atoms with Crippen molar-refractivity contribution in [3.05, 3.63) is 64.3 Å². The van der Waals surface area contributed by atoms with E-state index in [1.54, 1.807) is 0 Å². The summed E-state index contributed by atoms with van der Waals surface area (Å²) in [4.78, 5) is 15.2. The minimum atomic E-state index is 0.156. The summed E-state index contributed by atoms with van der Waals surface area (Å²) in [6.07, 6.45) is 4.85. The highest BCUT2D eigenvalue weighted by Crippen LogP contribution is 2.39. The molecular formula is C27H30N4OS. The van der Waals surface area contributed by atoms with Crippen molar-refractivity contribution in [2.75, 3.05) is 31.6 Å². The van der Waals surface area contributed by atoms with Crippen LogP contribution in [0.3, 0.4) is 0 Å². The van der Waals surface area contributed by atoms with Gasteiger partial charge in [-0.3, -0.25) is 4.90 Å². The number of anilines is 1. The number of nitrogens with zero attached hydrogens (tertiary/aromatic N) is 3. The summed E-state index contributed by atoms with van der Waals surface area (Å²) in [5, 5.41) is 7.60. The molecule has 0 saturated carbocycles. The van der Waals surface area contributed by atoms with E-state index in [0.29, 0.717) is 0 Å². The molecular weight excluding hydrogens is 428 g/mol. The lowest BCUT2D eigenvalue weighted by Crippen LogP contribution is -2.36. The molecule has 5 nitrogen and oxygen atoms in total. The number of benzene rings is 2. The molecule has 0 bridgehead atoms. The van der Waals surface area contributed by atoms with Crippen LogP contribution in [0.2, 0.25) is 0 Å². The van der Waals surface area contributed by atoms with Crippen molar-refractivity contribution in [1.29, 1.82) is 0 Å². The Bertz CT molecular complexity index is 1290. The largest absolute Gasteiger partial charge is 0.379 e. The van der Waals surface area contributed by atoms with Crippen LogP contribution in [-0.4, -0.2) is 41.2 Å². The van der Waals surface area contributed by atoms with Gasteiger partial charge >= 0.3 is 0 Å². The third kappa shape index (κ3) is 4.23. The number of ether oxygens (including phenoxy) is 1. The van der Waals surface area contributed by atoms with Gasteiger partial charge in [-0.25, -0.2) is 9.97 Å². The van der Waals surface area contributed by atoms with Gasteiger partial charge in [0.15, 0.2) is 0 Å². The van der Waals surface area contributed by atoms with E-state index < -0.39 is 0 Å². The van der Waals surface area contributed by atoms with Crippen molar-refractivity contribution in [1.82, 2.24) is 14.9 Å². The molecule has 6 heteroatoms. The average molecular weight is 459 g/mol. The summed E-state index contributed by atoms with van der Waals surface area (Å²) in [6, 6.07) is 15.5. The van der Waals surface area contributed by atoms with Gasteiger partial charge in [0.25, 0.3) is 0 Å². The number of morpholine rings is 1. The summed E-state index contributed by atoms with van der Waals surface area (Å²) >= 11 is 1.88. The molecule has 1 fully saturated rings. The Hall–Kier alpha value is -2.54. The quantitative estimate of drug-likeness (QED) is 0.414. The van der Waals surface area contributed by atoms with Crippen LogP contribution in [0, 0.1) is 0 Å². The van der Waals surface area contributed by atoms with Gasteiger partial charge in [-0.2, -0.15) is 0 Å². The van der Waals surface area contributed by atoms with Crippen molar-refractivity contribution in [3.8, 4) is 0 Å². The van der Waals surface area contributed by atoms with Crippen LogP contribution in [0.1, 0.15) is 47.6 Å². The average Bonchev–Trinajstić information content (AvgIpc) is 3.23. The summed E-state index contributed by atoms with van der Waals surface area (Å²) in [5.74, 6) is 1.92. The molecule has 3 heterocycles. The van der Waals surface area contributed by atoms with Crippen molar-refractivity contribution in [3.63, 3.8) is 0 Å². The van der Waals surface area contributed by atoms with Crippen LogP contribution >= 0.6 is 11.3 Å². The molecule has 0 spiro atoms. The third-order valence-electron chi connectivity index (χ3n) is 6.96. The van der Waals surface area contributed by atoms with Gasteiger partial charge in [-0.15, -0.1) is 11.3 Å². The Labute approximate surface area is 198 Å². The predicted molar refractivity (Wildman–Crippen MR) is 136 cm³/mol. The maximum Gasteiger partial charge on any atom is 0.146 e. The Kier molecular flexibility index (Phi) is 5.74. The minimum absolute atomic E-state index is 0.156. The number of rotatable bonds is 5. The lowest BCUT2D eigenvalue weighted by molar-refractivity contribution is 0.0331. The third-order valence-corrected chi connectivity index (χ3v) is 8.14. The number of fused-ring (bicyclic) bond motifs is 4. The van der Waals surface area contributed by atoms with Gasteiger partial charge in [0, 0.05) is 24.0 Å². The molecule has 1 N–H and O–H groups in total. The van der Waals surface area contributed by atoms with Crippen LogP contribution in [-0.2, 0) is 24.1 Å². The standard InChI is InChI=1S/C27H30N4OS/c1-18(20-11-10-19-6-2-3-7-21(19)16-20)28-26-25-22-8-4-5-9-23(22)33-27(25)30-24(29-26)17-31-12-14-32-15-13-31/h2-3,6-7,10-11,16,18H,4-5,8-9,12-15,17H2,1H3,(H,28,29,30). The molecule has 1 unspecified atom stereocenters. The number of thiophene rings is 1. The Morgan fingerprint density at radius 3 is 2.73 bits per heavy atom. The lowest BCUT2D eigenvalue weighted by Gasteiger charge is -2.26. The van der Waals surface area contributed by atoms with E-state index in [0.717, 1.165) is 55.7 Å². The highest BCUT2D eigenvalue weighted by atomic mass is 32.1. The number of aromatic nitrogens is 2. The van der Waals surface area contributed by atoms with Gasteiger partial charge in [0.1, 0.15) is 16.5 Å². The fourth-order valence-electron chi connectivity index (χ4n) is 5.10. The first-order valence-corrected chi connectivity index (χ1v) is 12.9. The molecule has 2 aromatic heterocycles. The first-order valence-electron chi connectivity index (χ1n) is 12.1. The molecule has 2 aliphatic rings. The van der Waals surface area contributed by atoms with Crippen molar-refractivity contribution >= 4 is 38.1 Å². The highest BCUT2D eigenvalue weighted by Gasteiger charge is 2.23. The summed E-state index contributed by atoms with van der Waals surface area (Å²) in [6.45, 7) is 6.48. The monoisotopic (exact) mass is 458 g/mol. The molecule has 6 rings (SSSR count). The van der Waals surface area contributed by atoms with E-state index in [1.807, 2.05) is 11.3 Å². The normalized spacial score (nSPS) is 17.8. The summed E-state index contributed by atoms with van der Waals surface area (Å²) in [7, 11) is 0. The molecule has 170 valence electrons. The van der Waals surface area contributed by atoms with Gasteiger partial charge in [-0.1, -0.05) is 36.4 Å². The van der Waals surface area contributed by atoms with E-state index in [9.17, 15) is 0 Å². The molecule has 4 aromatic rings. The fourth-order valence-corrected chi connectivity index (χ4v) is 6.38. The number of nitrogens with one attached hydrogen (secondary N) is 1. The second kappa shape index (κ2) is 9.01. The lowest BCUT2D eigenvalue weighted by atomic mass is 9.96. The van der Waals surface area contributed by atoms with Crippen molar-refractivity contribution < 1.29 is 4.74 Å². The molecule has 1 saturated heterocycles. The van der Waals surface area contributed by atoms with Gasteiger partial charge < -0.3 is 10.1 Å². The molecule has 1 aliphatic heterocycles. The fraction of sp³-hybridized carbons (Fsp3) is 0.407. The minimum Gasteiger partial charge on any atom is -0.379 e. The van der Waals surface area contributed by atoms with Crippen LogP contribution in [0.15, 0.2) is 42.5 Å². The molecule has 0 amide bonds. The van der Waals surface area contributed by atoms with Crippen LogP contribution in [0.25, 0.3) is 21.0 Å². The van der Waals surface area contributed by atoms with Gasteiger partial charge in [-0.05, 0) is 60.6 Å². The Morgan fingerprint density at radius 2 is 1.85 bits per heavy atom. The van der Waals surface area contributed by atoms with Crippen molar-refractivity contribution in [2.45, 2.75) is 45.2 Å². The first-order chi connectivity index (χ1) is 16.2. The zero-order valence-corrected chi connectivity index (χ0v) is 20.0. The molecule has 33 heavy (non-hydrogen) atoms. The van der Waals surface area contributed by atoms with E-state index in [4.69, 9.17) is 14.7 Å². The molecule has 1 aliphatic carbocycles. The zero-order chi connectivity index (χ0) is 22.2. The first kappa shape index (κ1) is 21.0. The number of aryl methyl sites for hydroxylation is 2. The van der Waals surface area contributed by atoms with E-state index in [-0.39, 0.29) is 6.04 Å². The second-order valence-electron chi connectivity index (χ2n) is 9.24. The number of hydrogen-bond acceptors (Lipinski definition) is 6. The Balaban J connectivity index is 1.37. The molecule has 2 aromatic carbocycles. The van der Waals surface area contributed by atoms with Gasteiger partial charge in [0.05, 0.1) is 25.1 Å². The summed E-state index contributed by atoms with van der Waals surface area (Å²) < 4.78 is 5.53. The zero-order valence-electron chi connectivity index (χ0n) is 19.1. The van der Waals surface area contributed by atoms with Crippen LogP contribution < -0.4 is 5.32 Å². The van der Waals surface area contributed by atoms with Crippen LogP contribution in [0.5, 0.6) is 0 Å². The van der Waals surface area contributed by atoms with Crippen LogP contribution in [0.4, 0.5) is 5.82 Å². The van der Waals surface area contributed by atoms with Gasteiger partial charge in [0.2, 0.25) is 0 Å². The van der Waals surface area contributed by atoms with Crippen molar-refractivity contribution in [2.24, 2.45) is 0 Å². The maximum absolute atomic E-state index is 5.53. The molecule has 0 radical (unpaired) electrons. The molecule has 1 atom stereocenters. The topological polar surface area (TPSA) is 50.3 Å². The highest BCUT2D eigenvalue weighted by molar-refractivity contribution is 7.19. The Morgan fingerprint density at radius 1 is 1.03 bits per heavy atom. The predicted octanol–water partition coefficient (Wildman–Crippen LogP) is 5.73. The van der Waals surface area contributed by atoms with E-state index >= 15 is 0 Å². The van der Waals surface area contributed by atoms with E-state index in [1.165, 1.54) is 51.4 Å². The number of hydrogen-bond donors (Lipinski definition) is 1. The second-order valence-corrected chi connectivity index (χ2v) is 10.3. The summed E-state index contributed by atoms with van der Waals surface area (Å²) in [5.41, 5.74) is 2.76. The van der Waals surface area contributed by atoms with E-state index in [2.05, 4.69) is 59.6 Å².